The highest BCUT2D eigenvalue weighted by Crippen LogP contribution is 2.23. The molecule has 0 bridgehead atoms. The van der Waals surface area contributed by atoms with Crippen LogP contribution in [-0.2, 0) is 11.2 Å². The van der Waals surface area contributed by atoms with Crippen molar-refractivity contribution in [1.82, 2.24) is 25.5 Å². The van der Waals surface area contributed by atoms with E-state index in [0.29, 0.717) is 18.8 Å². The summed E-state index contributed by atoms with van der Waals surface area (Å²) in [6.45, 7) is 2.54. The van der Waals surface area contributed by atoms with Gasteiger partial charge in [-0.1, -0.05) is 12.1 Å². The molecule has 2 aromatic heterocycles. The number of carbonyl (C=O) groups is 1. The molecular formula is C11H14BrN5OS. The van der Waals surface area contributed by atoms with E-state index in [1.54, 1.807) is 23.3 Å². The van der Waals surface area contributed by atoms with Crippen LogP contribution in [0.15, 0.2) is 15.9 Å². The van der Waals surface area contributed by atoms with Gasteiger partial charge in [-0.2, -0.15) is 5.21 Å². The molecule has 2 heterocycles. The van der Waals surface area contributed by atoms with Gasteiger partial charge in [0.1, 0.15) is 0 Å². The molecule has 102 valence electrons. The predicted molar refractivity (Wildman–Crippen MR) is 76.0 cm³/mol. The number of aromatic amines is 1. The van der Waals surface area contributed by atoms with Gasteiger partial charge in [0.05, 0.1) is 10.2 Å². The Balaban J connectivity index is 1.89. The highest BCUT2D eigenvalue weighted by atomic mass is 79.9. The van der Waals surface area contributed by atoms with Gasteiger partial charge in [0.25, 0.3) is 0 Å². The maximum absolute atomic E-state index is 12.1. The van der Waals surface area contributed by atoms with Crippen molar-refractivity contribution in [2.24, 2.45) is 0 Å². The molecule has 1 amide bonds. The molecule has 0 aliphatic heterocycles. The first-order valence-corrected chi connectivity index (χ1v) is 7.38. The van der Waals surface area contributed by atoms with E-state index in [-0.39, 0.29) is 11.8 Å². The van der Waals surface area contributed by atoms with E-state index in [4.69, 9.17) is 0 Å². The fraction of sp³-hybridized carbons (Fsp3) is 0.455. The van der Waals surface area contributed by atoms with Gasteiger partial charge in [0, 0.05) is 24.4 Å². The molecule has 0 saturated carbocycles. The minimum Gasteiger partial charge on any atom is -0.345 e. The lowest BCUT2D eigenvalue weighted by atomic mass is 10.1. The van der Waals surface area contributed by atoms with E-state index in [1.165, 1.54) is 0 Å². The normalized spacial score (nSPS) is 12.4. The van der Waals surface area contributed by atoms with Crippen molar-refractivity contribution in [3.63, 3.8) is 0 Å². The second kappa shape index (κ2) is 6.25. The molecule has 6 nitrogen and oxygen atoms in total. The van der Waals surface area contributed by atoms with Crippen LogP contribution in [0.4, 0.5) is 0 Å². The summed E-state index contributed by atoms with van der Waals surface area (Å²) in [6, 6.07) is 3.92. The van der Waals surface area contributed by atoms with Crippen LogP contribution in [0.25, 0.3) is 0 Å². The Kier molecular flexibility index (Phi) is 4.65. The van der Waals surface area contributed by atoms with Gasteiger partial charge < -0.3 is 4.90 Å². The molecule has 0 spiro atoms. The molecule has 19 heavy (non-hydrogen) atoms. The number of amides is 1. The zero-order valence-corrected chi connectivity index (χ0v) is 13.0. The SMILES string of the molecule is C[C@H](CN(C)C(=O)Cc1ccc(Br)s1)c1nn[nH]n1. The second-order valence-corrected chi connectivity index (χ2v) is 6.88. The Morgan fingerprint density at radius 2 is 2.37 bits per heavy atom. The van der Waals surface area contributed by atoms with Gasteiger partial charge in [0.2, 0.25) is 5.91 Å². The summed E-state index contributed by atoms with van der Waals surface area (Å²) >= 11 is 4.97. The standard InChI is InChI=1S/C11H14BrN5OS/c1-7(11-13-15-16-14-11)6-17(2)10(18)5-8-3-4-9(12)19-8/h3-4,7H,5-6H2,1-2H3,(H,13,14,15,16)/t7-/m1/s1. The molecule has 0 unspecified atom stereocenters. The van der Waals surface area contributed by atoms with E-state index in [1.807, 2.05) is 19.1 Å². The third-order valence-corrected chi connectivity index (χ3v) is 4.35. The molecule has 0 aliphatic carbocycles. The minimum absolute atomic E-state index is 0.0581. The van der Waals surface area contributed by atoms with Gasteiger partial charge in [-0.25, -0.2) is 0 Å². The minimum atomic E-state index is 0.0581. The number of H-pyrrole nitrogens is 1. The maximum atomic E-state index is 12.1. The number of nitrogens with one attached hydrogen (secondary N) is 1. The zero-order chi connectivity index (χ0) is 13.8. The van der Waals surface area contributed by atoms with E-state index in [2.05, 4.69) is 36.6 Å². The molecular weight excluding hydrogens is 330 g/mol. The van der Waals surface area contributed by atoms with E-state index >= 15 is 0 Å². The quantitative estimate of drug-likeness (QED) is 0.898. The largest absolute Gasteiger partial charge is 0.345 e. The number of aromatic nitrogens is 4. The molecule has 8 heteroatoms. The first-order chi connectivity index (χ1) is 9.06. The molecule has 0 aliphatic rings. The predicted octanol–water partition coefficient (Wildman–Crippen LogP) is 1.83. The number of thiophene rings is 1. The van der Waals surface area contributed by atoms with Crippen molar-refractivity contribution >= 4 is 33.2 Å². The first kappa shape index (κ1) is 14.1. The number of nitrogens with zero attached hydrogens (tertiary/aromatic N) is 4. The lowest BCUT2D eigenvalue weighted by Crippen LogP contribution is -2.31. The van der Waals surface area contributed by atoms with Gasteiger partial charge >= 0.3 is 0 Å². The van der Waals surface area contributed by atoms with Gasteiger partial charge in [-0.15, -0.1) is 21.5 Å². The summed E-state index contributed by atoms with van der Waals surface area (Å²) in [5, 5.41) is 13.8. The average Bonchev–Trinajstić information content (AvgIpc) is 3.00. The van der Waals surface area contributed by atoms with E-state index in [0.717, 1.165) is 8.66 Å². The Morgan fingerprint density at radius 3 is 2.95 bits per heavy atom. The number of likely N-dealkylation sites (N-methyl/N-ethyl adjacent to an activating group) is 1. The smallest absolute Gasteiger partial charge is 0.227 e. The fourth-order valence-electron chi connectivity index (χ4n) is 1.70. The van der Waals surface area contributed by atoms with Crippen molar-refractivity contribution in [3.8, 4) is 0 Å². The summed E-state index contributed by atoms with van der Waals surface area (Å²) in [7, 11) is 1.79. The van der Waals surface area contributed by atoms with Crippen molar-refractivity contribution < 1.29 is 4.79 Å². The Labute approximate surface area is 123 Å². The summed E-state index contributed by atoms with van der Waals surface area (Å²) in [6.07, 6.45) is 0.422. The molecule has 1 atom stereocenters. The molecule has 1 N–H and O–H groups in total. The third-order valence-electron chi connectivity index (χ3n) is 2.73. The zero-order valence-electron chi connectivity index (χ0n) is 10.6. The van der Waals surface area contributed by atoms with Gasteiger partial charge in [0.15, 0.2) is 5.82 Å². The van der Waals surface area contributed by atoms with E-state index < -0.39 is 0 Å². The lowest BCUT2D eigenvalue weighted by Gasteiger charge is -2.19. The van der Waals surface area contributed by atoms with Gasteiger partial charge in [-0.05, 0) is 28.1 Å². The van der Waals surface area contributed by atoms with E-state index in [9.17, 15) is 4.79 Å². The van der Waals surface area contributed by atoms with Crippen LogP contribution >= 0.6 is 27.3 Å². The van der Waals surface area contributed by atoms with Crippen LogP contribution in [0.1, 0.15) is 23.5 Å². The van der Waals surface area contributed by atoms with Crippen LogP contribution < -0.4 is 0 Å². The molecule has 2 rings (SSSR count). The number of hydrogen-bond donors (Lipinski definition) is 1. The van der Waals surface area contributed by atoms with Crippen LogP contribution in [0.2, 0.25) is 0 Å². The number of halogens is 1. The van der Waals surface area contributed by atoms with Gasteiger partial charge in [-0.3, -0.25) is 4.79 Å². The maximum Gasteiger partial charge on any atom is 0.227 e. The molecule has 2 aromatic rings. The average molecular weight is 344 g/mol. The summed E-state index contributed by atoms with van der Waals surface area (Å²) in [5.74, 6) is 0.769. The molecule has 0 radical (unpaired) electrons. The Morgan fingerprint density at radius 1 is 1.58 bits per heavy atom. The third kappa shape index (κ3) is 3.84. The first-order valence-electron chi connectivity index (χ1n) is 5.77. The topological polar surface area (TPSA) is 74.8 Å². The summed E-state index contributed by atoms with van der Waals surface area (Å²) < 4.78 is 1.04. The number of rotatable bonds is 5. The van der Waals surface area contributed by atoms with Crippen molar-refractivity contribution in [1.29, 1.82) is 0 Å². The monoisotopic (exact) mass is 343 g/mol. The highest BCUT2D eigenvalue weighted by Gasteiger charge is 2.17. The summed E-state index contributed by atoms with van der Waals surface area (Å²) in [4.78, 5) is 14.8. The van der Waals surface area contributed by atoms with Crippen LogP contribution in [0.3, 0.4) is 0 Å². The van der Waals surface area contributed by atoms with Crippen molar-refractivity contribution in [2.75, 3.05) is 13.6 Å². The lowest BCUT2D eigenvalue weighted by molar-refractivity contribution is -0.129. The van der Waals surface area contributed by atoms with Crippen molar-refractivity contribution in [2.45, 2.75) is 19.3 Å². The second-order valence-electron chi connectivity index (χ2n) is 4.33. The molecule has 0 saturated heterocycles. The van der Waals surface area contributed by atoms with Crippen molar-refractivity contribution in [3.05, 3.63) is 26.6 Å². The fourth-order valence-corrected chi connectivity index (χ4v) is 3.18. The Hall–Kier alpha value is -1.28. The molecule has 0 fully saturated rings. The Bertz CT molecular complexity index is 541. The van der Waals surface area contributed by atoms with Crippen LogP contribution in [-0.4, -0.2) is 45.0 Å². The number of tetrazole rings is 1. The van der Waals surface area contributed by atoms with Crippen LogP contribution in [0, 0.1) is 0 Å². The van der Waals surface area contributed by atoms with Crippen LogP contribution in [0.5, 0.6) is 0 Å². The molecule has 0 aromatic carbocycles. The highest BCUT2D eigenvalue weighted by molar-refractivity contribution is 9.11. The number of hydrogen-bond acceptors (Lipinski definition) is 5. The summed E-state index contributed by atoms with van der Waals surface area (Å²) in [5.41, 5.74) is 0. The number of carbonyl (C=O) groups excluding carboxylic acids is 1.